The lowest BCUT2D eigenvalue weighted by Crippen LogP contribution is -2.42. The van der Waals surface area contributed by atoms with Gasteiger partial charge in [-0.15, -0.1) is 0 Å². The highest BCUT2D eigenvalue weighted by Gasteiger charge is 2.44. The first-order valence-electron chi connectivity index (χ1n) is 14.1. The van der Waals surface area contributed by atoms with Crippen LogP contribution in [0, 0.1) is 0 Å². The van der Waals surface area contributed by atoms with Crippen LogP contribution in [0.2, 0.25) is 0 Å². The number of nitrogens with one attached hydrogen (secondary N) is 2. The summed E-state index contributed by atoms with van der Waals surface area (Å²) in [5.74, 6) is 0.948. The number of fused-ring (bicyclic) bond motifs is 1. The maximum Gasteiger partial charge on any atom is 0.229 e. The van der Waals surface area contributed by atoms with Gasteiger partial charge in [0, 0.05) is 25.6 Å². The van der Waals surface area contributed by atoms with Crippen LogP contribution < -0.4 is 15.5 Å². The molecule has 1 aromatic carbocycles. The van der Waals surface area contributed by atoms with Crippen molar-refractivity contribution in [2.45, 2.75) is 69.0 Å². The van der Waals surface area contributed by atoms with Crippen molar-refractivity contribution in [3.8, 4) is 5.75 Å². The van der Waals surface area contributed by atoms with Gasteiger partial charge in [-0.25, -0.2) is 4.98 Å². The molecule has 13 heteroatoms. The van der Waals surface area contributed by atoms with E-state index in [-0.39, 0.29) is 24.7 Å². The molecule has 2 fully saturated rings. The second kappa shape index (κ2) is 12.1. The summed E-state index contributed by atoms with van der Waals surface area (Å²) in [5, 5.41) is 47.7. The van der Waals surface area contributed by atoms with E-state index in [1.54, 1.807) is 30.0 Å². The second-order valence-corrected chi connectivity index (χ2v) is 11.3. The first-order chi connectivity index (χ1) is 19.7. The number of hydrogen-bond donors (Lipinski definition) is 6. The molecule has 41 heavy (non-hydrogen) atoms. The number of carbonyl (C=O) groups excluding carboxylic acids is 1. The number of imidazole rings is 1. The SMILES string of the molecule is CCC(=O)N[C@H]1C[C@@H](n2cnc3c(N[C@H](CO)Cc4ccc(O)cc4)nc(N4CC[C@@H](N(C)C)C4)nc32)[C@H](O)[C@@H]1O. The van der Waals surface area contributed by atoms with E-state index in [2.05, 4.69) is 39.5 Å². The van der Waals surface area contributed by atoms with Crippen molar-refractivity contribution in [3.05, 3.63) is 36.2 Å². The zero-order valence-electron chi connectivity index (χ0n) is 23.7. The van der Waals surface area contributed by atoms with E-state index in [1.165, 1.54) is 0 Å². The van der Waals surface area contributed by atoms with E-state index in [9.17, 15) is 25.2 Å². The molecule has 2 aliphatic rings. The number of rotatable bonds is 10. The Bertz CT molecular complexity index is 1350. The maximum absolute atomic E-state index is 12.0. The monoisotopic (exact) mass is 568 g/mol. The molecular weight excluding hydrogens is 528 g/mol. The van der Waals surface area contributed by atoms with Gasteiger partial charge in [0.2, 0.25) is 11.9 Å². The highest BCUT2D eigenvalue weighted by atomic mass is 16.3. The van der Waals surface area contributed by atoms with Crippen molar-refractivity contribution in [3.63, 3.8) is 0 Å². The Hall–Kier alpha value is -3.52. The van der Waals surface area contributed by atoms with E-state index in [0.717, 1.165) is 25.1 Å². The van der Waals surface area contributed by atoms with E-state index in [0.29, 0.717) is 41.8 Å². The fourth-order valence-electron chi connectivity index (χ4n) is 5.74. The average molecular weight is 569 g/mol. The molecule has 6 N–H and O–H groups in total. The number of amides is 1. The van der Waals surface area contributed by atoms with Crippen molar-refractivity contribution < 1.29 is 25.2 Å². The van der Waals surface area contributed by atoms with Crippen molar-refractivity contribution in [2.75, 3.05) is 44.0 Å². The molecule has 3 heterocycles. The van der Waals surface area contributed by atoms with Crippen molar-refractivity contribution in [1.82, 2.24) is 29.7 Å². The van der Waals surface area contributed by atoms with Crippen LogP contribution in [-0.2, 0) is 11.2 Å². The largest absolute Gasteiger partial charge is 0.508 e. The van der Waals surface area contributed by atoms with Gasteiger partial charge >= 0.3 is 0 Å². The molecule has 1 amide bonds. The van der Waals surface area contributed by atoms with Gasteiger partial charge in [-0.2, -0.15) is 9.97 Å². The van der Waals surface area contributed by atoms with E-state index >= 15 is 0 Å². The first kappa shape index (κ1) is 29.0. The second-order valence-electron chi connectivity index (χ2n) is 11.3. The lowest BCUT2D eigenvalue weighted by atomic mass is 10.1. The minimum atomic E-state index is -1.13. The minimum Gasteiger partial charge on any atom is -0.508 e. The Morgan fingerprint density at radius 2 is 1.93 bits per heavy atom. The Labute approximate surface area is 238 Å². The summed E-state index contributed by atoms with van der Waals surface area (Å²) >= 11 is 0. The van der Waals surface area contributed by atoms with Crippen molar-refractivity contribution in [2.24, 2.45) is 0 Å². The maximum atomic E-state index is 12.0. The number of aromatic nitrogens is 4. The molecule has 2 aromatic heterocycles. The molecule has 0 spiro atoms. The fraction of sp³-hybridized carbons (Fsp3) is 0.571. The highest BCUT2D eigenvalue weighted by Crippen LogP contribution is 2.35. The van der Waals surface area contributed by atoms with Crippen molar-refractivity contribution >= 4 is 28.8 Å². The van der Waals surface area contributed by atoms with Gasteiger partial charge in [-0.05, 0) is 51.1 Å². The predicted molar refractivity (Wildman–Crippen MR) is 154 cm³/mol. The number of phenolic OH excluding ortho intramolecular Hbond substituents is 1. The van der Waals surface area contributed by atoms with Gasteiger partial charge in [0.25, 0.3) is 0 Å². The summed E-state index contributed by atoms with van der Waals surface area (Å²) in [5.41, 5.74) is 1.90. The fourth-order valence-corrected chi connectivity index (χ4v) is 5.74. The van der Waals surface area contributed by atoms with Gasteiger partial charge in [-0.1, -0.05) is 19.1 Å². The lowest BCUT2D eigenvalue weighted by Gasteiger charge is -2.23. The number of aromatic hydroxyl groups is 1. The molecule has 1 aliphatic carbocycles. The Morgan fingerprint density at radius 3 is 2.59 bits per heavy atom. The van der Waals surface area contributed by atoms with E-state index < -0.39 is 30.3 Å². The summed E-state index contributed by atoms with van der Waals surface area (Å²) in [4.78, 5) is 30.7. The van der Waals surface area contributed by atoms with Gasteiger partial charge in [0.15, 0.2) is 17.0 Å². The topological polar surface area (TPSA) is 172 Å². The molecule has 0 radical (unpaired) electrons. The molecule has 0 bridgehead atoms. The number of benzene rings is 1. The van der Waals surface area contributed by atoms with Crippen LogP contribution in [0.15, 0.2) is 30.6 Å². The van der Waals surface area contributed by atoms with Crippen LogP contribution in [0.3, 0.4) is 0 Å². The third kappa shape index (κ3) is 6.08. The number of nitrogens with zero attached hydrogens (tertiary/aromatic N) is 6. The molecule has 6 atom stereocenters. The smallest absolute Gasteiger partial charge is 0.229 e. The number of aliphatic hydroxyl groups excluding tert-OH is 3. The zero-order chi connectivity index (χ0) is 29.3. The minimum absolute atomic E-state index is 0.166. The Kier molecular flexibility index (Phi) is 8.59. The van der Waals surface area contributed by atoms with Crippen LogP contribution in [0.1, 0.15) is 37.8 Å². The van der Waals surface area contributed by atoms with Gasteiger partial charge in [0.05, 0.1) is 31.1 Å². The van der Waals surface area contributed by atoms with E-state index in [1.807, 2.05) is 12.1 Å². The predicted octanol–water partition coefficient (Wildman–Crippen LogP) is 0.249. The summed E-state index contributed by atoms with van der Waals surface area (Å²) in [6, 6.07) is 5.63. The summed E-state index contributed by atoms with van der Waals surface area (Å²) in [7, 11) is 4.10. The molecule has 222 valence electrons. The molecule has 0 unspecified atom stereocenters. The van der Waals surface area contributed by atoms with Gasteiger partial charge < -0.3 is 45.4 Å². The van der Waals surface area contributed by atoms with Crippen molar-refractivity contribution in [1.29, 1.82) is 0 Å². The van der Waals surface area contributed by atoms with E-state index in [4.69, 9.17) is 9.97 Å². The summed E-state index contributed by atoms with van der Waals surface area (Å²) in [6.45, 7) is 3.09. The number of aliphatic hydroxyl groups is 3. The van der Waals surface area contributed by atoms with Crippen LogP contribution in [0.25, 0.3) is 11.2 Å². The molecule has 3 aromatic rings. The third-order valence-corrected chi connectivity index (χ3v) is 8.24. The number of likely N-dealkylation sites (N-methyl/N-ethyl adjacent to an activating group) is 1. The summed E-state index contributed by atoms with van der Waals surface area (Å²) < 4.78 is 1.76. The first-order valence-corrected chi connectivity index (χ1v) is 14.1. The Balaban J connectivity index is 1.50. The standard InChI is InChI=1S/C28H40N8O5/c1-4-22(39)31-20-12-21(25(41)24(20)40)36-15-29-23-26(30-17(14-37)11-16-5-7-19(38)8-6-16)32-28(33-27(23)36)35-10-9-18(13-35)34(2)3/h5-8,15,17-18,20-21,24-25,37-38,40-41H,4,9-14H2,1-3H3,(H,31,39)(H,30,32,33)/t17-,18+,20-,21+,24+,25-/m0/s1. The zero-order valence-corrected chi connectivity index (χ0v) is 23.7. The Morgan fingerprint density at radius 1 is 1.17 bits per heavy atom. The van der Waals surface area contributed by atoms with Crippen LogP contribution >= 0.6 is 0 Å². The highest BCUT2D eigenvalue weighted by molar-refractivity contribution is 5.85. The van der Waals surface area contributed by atoms with Crippen LogP contribution in [0.4, 0.5) is 11.8 Å². The average Bonchev–Trinajstić information content (AvgIpc) is 3.69. The number of anilines is 2. The number of carbonyl (C=O) groups is 1. The normalized spacial score (nSPS) is 25.2. The quantitative estimate of drug-likeness (QED) is 0.198. The molecule has 13 nitrogen and oxygen atoms in total. The number of phenols is 1. The number of hydrogen-bond acceptors (Lipinski definition) is 11. The molecule has 1 aliphatic heterocycles. The van der Waals surface area contributed by atoms with Crippen LogP contribution in [0.5, 0.6) is 5.75 Å². The molecular formula is C28H40N8O5. The molecule has 1 saturated carbocycles. The third-order valence-electron chi connectivity index (χ3n) is 8.24. The molecule has 1 saturated heterocycles. The lowest BCUT2D eigenvalue weighted by molar-refractivity contribution is -0.122. The molecule has 5 rings (SSSR count). The van der Waals surface area contributed by atoms with Gasteiger partial charge in [-0.3, -0.25) is 4.79 Å². The van der Waals surface area contributed by atoms with Crippen LogP contribution in [-0.4, -0.2) is 115 Å². The summed E-state index contributed by atoms with van der Waals surface area (Å²) in [6.07, 6.45) is 1.36. The van der Waals surface area contributed by atoms with Gasteiger partial charge in [0.1, 0.15) is 18.0 Å².